The highest BCUT2D eigenvalue weighted by Gasteiger charge is 2.30. The molecule has 0 aromatic heterocycles. The van der Waals surface area contributed by atoms with Gasteiger partial charge >= 0.3 is 5.97 Å². The zero-order valence-corrected chi connectivity index (χ0v) is 20.0. The zero-order chi connectivity index (χ0) is 23.3. The summed E-state index contributed by atoms with van der Waals surface area (Å²) >= 11 is 3.02. The Hall–Kier alpha value is -1.46. The molecule has 0 bridgehead atoms. The van der Waals surface area contributed by atoms with Crippen molar-refractivity contribution in [2.75, 3.05) is 24.0 Å². The number of thioether (sulfide) groups is 2. The highest BCUT2D eigenvalue weighted by atomic mass is 32.2. The summed E-state index contributed by atoms with van der Waals surface area (Å²) in [5.74, 6) is -1.31. The minimum absolute atomic E-state index is 0.0822. The molecular formula is C19H36N4O5S2. The number of rotatable bonds is 15. The molecule has 0 spiro atoms. The molecule has 0 aromatic rings. The first-order chi connectivity index (χ1) is 14.0. The van der Waals surface area contributed by atoms with Gasteiger partial charge in [-0.2, -0.15) is 23.5 Å². The van der Waals surface area contributed by atoms with Crippen molar-refractivity contribution in [1.29, 1.82) is 0 Å². The van der Waals surface area contributed by atoms with Crippen molar-refractivity contribution in [1.82, 2.24) is 16.0 Å². The third kappa shape index (κ3) is 11.7. The quantitative estimate of drug-likeness (QED) is 0.234. The molecule has 0 saturated heterocycles. The molecule has 30 heavy (non-hydrogen) atoms. The van der Waals surface area contributed by atoms with Crippen molar-refractivity contribution in [3.8, 4) is 0 Å². The maximum Gasteiger partial charge on any atom is 0.326 e. The van der Waals surface area contributed by atoms with E-state index in [2.05, 4.69) is 16.0 Å². The van der Waals surface area contributed by atoms with Crippen molar-refractivity contribution >= 4 is 47.2 Å². The van der Waals surface area contributed by atoms with Gasteiger partial charge in [0.05, 0.1) is 6.04 Å². The van der Waals surface area contributed by atoms with Gasteiger partial charge in [-0.1, -0.05) is 13.8 Å². The summed E-state index contributed by atoms with van der Waals surface area (Å²) in [5, 5.41) is 17.2. The molecule has 0 saturated carbocycles. The van der Waals surface area contributed by atoms with Gasteiger partial charge in [-0.05, 0) is 56.1 Å². The van der Waals surface area contributed by atoms with E-state index >= 15 is 0 Å². The number of carbonyl (C=O) groups excluding carboxylic acids is 3. The number of nitrogens with two attached hydrogens (primary N) is 1. The second kappa shape index (κ2) is 15.4. The summed E-state index contributed by atoms with van der Waals surface area (Å²) in [5.41, 5.74) is 5.58. The van der Waals surface area contributed by atoms with E-state index in [1.54, 1.807) is 0 Å². The number of carbonyl (C=O) groups is 4. The van der Waals surface area contributed by atoms with Crippen molar-refractivity contribution in [2.45, 2.75) is 64.2 Å². The second-order valence-corrected chi connectivity index (χ2v) is 9.47. The Balaban J connectivity index is 5.32. The molecule has 4 unspecified atom stereocenters. The molecule has 3 amide bonds. The molecule has 11 heteroatoms. The largest absolute Gasteiger partial charge is 0.480 e. The number of carboxylic acids is 1. The molecule has 0 aliphatic carbocycles. The van der Waals surface area contributed by atoms with Crippen LogP contribution in [0.4, 0.5) is 0 Å². The van der Waals surface area contributed by atoms with Crippen molar-refractivity contribution < 1.29 is 24.3 Å². The lowest BCUT2D eigenvalue weighted by Crippen LogP contribution is -2.57. The van der Waals surface area contributed by atoms with Crippen LogP contribution in [0.15, 0.2) is 0 Å². The van der Waals surface area contributed by atoms with E-state index in [0.717, 1.165) is 0 Å². The number of nitrogens with one attached hydrogen (secondary N) is 3. The van der Waals surface area contributed by atoms with Crippen LogP contribution in [-0.2, 0) is 19.2 Å². The molecule has 0 heterocycles. The molecule has 0 radical (unpaired) electrons. The van der Waals surface area contributed by atoms with Crippen LogP contribution in [0, 0.1) is 5.92 Å². The number of hydrogen-bond donors (Lipinski definition) is 5. The van der Waals surface area contributed by atoms with Crippen LogP contribution < -0.4 is 21.7 Å². The summed E-state index contributed by atoms with van der Waals surface area (Å²) < 4.78 is 0. The van der Waals surface area contributed by atoms with Crippen molar-refractivity contribution in [3.63, 3.8) is 0 Å². The van der Waals surface area contributed by atoms with E-state index in [9.17, 15) is 24.3 Å². The highest BCUT2D eigenvalue weighted by Crippen LogP contribution is 2.09. The molecule has 0 rings (SSSR count). The minimum atomic E-state index is -1.12. The van der Waals surface area contributed by atoms with E-state index in [0.29, 0.717) is 24.3 Å². The molecule has 6 N–H and O–H groups in total. The molecule has 0 aliphatic heterocycles. The Morgan fingerprint density at radius 1 is 0.800 bits per heavy atom. The maximum atomic E-state index is 12.8. The predicted octanol–water partition coefficient (Wildman–Crippen LogP) is 0.425. The van der Waals surface area contributed by atoms with E-state index in [4.69, 9.17) is 5.73 Å². The van der Waals surface area contributed by atoms with Gasteiger partial charge in [-0.3, -0.25) is 14.4 Å². The van der Waals surface area contributed by atoms with Crippen molar-refractivity contribution in [2.24, 2.45) is 11.7 Å². The highest BCUT2D eigenvalue weighted by molar-refractivity contribution is 7.98. The third-order valence-electron chi connectivity index (χ3n) is 4.22. The molecular weight excluding hydrogens is 428 g/mol. The average molecular weight is 465 g/mol. The van der Waals surface area contributed by atoms with Crippen LogP contribution in [0.3, 0.4) is 0 Å². The predicted molar refractivity (Wildman–Crippen MR) is 123 cm³/mol. The number of hydrogen-bond acceptors (Lipinski definition) is 7. The normalized spacial score (nSPS) is 15.0. The monoisotopic (exact) mass is 464 g/mol. The first kappa shape index (κ1) is 28.5. The first-order valence-corrected chi connectivity index (χ1v) is 12.7. The third-order valence-corrected chi connectivity index (χ3v) is 5.51. The van der Waals surface area contributed by atoms with Gasteiger partial charge < -0.3 is 26.8 Å². The first-order valence-electron chi connectivity index (χ1n) is 9.90. The van der Waals surface area contributed by atoms with Gasteiger partial charge in [0.2, 0.25) is 17.7 Å². The summed E-state index contributed by atoms with van der Waals surface area (Å²) in [6.45, 7) is 5.32. The minimum Gasteiger partial charge on any atom is -0.480 e. The van der Waals surface area contributed by atoms with Gasteiger partial charge in [0.1, 0.15) is 18.1 Å². The summed E-state index contributed by atoms with van der Waals surface area (Å²) in [6, 6.07) is -3.53. The average Bonchev–Trinajstić information content (AvgIpc) is 2.66. The molecule has 0 aliphatic rings. The Kier molecular flexibility index (Phi) is 14.6. The smallest absolute Gasteiger partial charge is 0.326 e. The lowest BCUT2D eigenvalue weighted by molar-refractivity contribution is -0.142. The van der Waals surface area contributed by atoms with Crippen LogP contribution in [0.1, 0.15) is 40.0 Å². The van der Waals surface area contributed by atoms with Gasteiger partial charge in [0, 0.05) is 0 Å². The SMILES string of the molecule is CSCCC(NC(=O)C(CC(C)C)NC(=O)C(CCSC)NC(=O)C(C)N)C(=O)O. The van der Waals surface area contributed by atoms with E-state index in [1.165, 1.54) is 30.4 Å². The van der Waals surface area contributed by atoms with Gasteiger partial charge in [0.25, 0.3) is 0 Å². The molecule has 9 nitrogen and oxygen atoms in total. The van der Waals surface area contributed by atoms with Crippen LogP contribution >= 0.6 is 23.5 Å². The molecule has 0 fully saturated rings. The Morgan fingerprint density at radius 3 is 1.67 bits per heavy atom. The summed E-state index contributed by atoms with van der Waals surface area (Å²) in [7, 11) is 0. The van der Waals surface area contributed by atoms with Crippen molar-refractivity contribution in [3.05, 3.63) is 0 Å². The number of carboxylic acid groups (broad SMARTS) is 1. The lowest BCUT2D eigenvalue weighted by atomic mass is 10.0. The topological polar surface area (TPSA) is 151 Å². The van der Waals surface area contributed by atoms with Crippen LogP contribution in [0.5, 0.6) is 0 Å². The number of amides is 3. The fourth-order valence-electron chi connectivity index (χ4n) is 2.55. The van der Waals surface area contributed by atoms with Gasteiger partial charge in [0.15, 0.2) is 0 Å². The second-order valence-electron chi connectivity index (χ2n) is 7.50. The lowest BCUT2D eigenvalue weighted by Gasteiger charge is -2.25. The maximum absolute atomic E-state index is 12.8. The molecule has 0 aromatic carbocycles. The zero-order valence-electron chi connectivity index (χ0n) is 18.4. The van der Waals surface area contributed by atoms with Crippen LogP contribution in [0.25, 0.3) is 0 Å². The number of aliphatic carboxylic acids is 1. The Bertz CT molecular complexity index is 575. The van der Waals surface area contributed by atoms with E-state index in [1.807, 2.05) is 26.4 Å². The van der Waals surface area contributed by atoms with Crippen LogP contribution in [-0.4, -0.2) is 77.0 Å². The molecule has 4 atom stereocenters. The van der Waals surface area contributed by atoms with E-state index < -0.39 is 47.9 Å². The Morgan fingerprint density at radius 2 is 1.23 bits per heavy atom. The summed E-state index contributed by atoms with van der Waals surface area (Å²) in [4.78, 5) is 49.0. The van der Waals surface area contributed by atoms with Crippen LogP contribution in [0.2, 0.25) is 0 Å². The Labute approximate surface area is 187 Å². The molecule has 174 valence electrons. The van der Waals surface area contributed by atoms with Gasteiger partial charge in [-0.15, -0.1) is 0 Å². The van der Waals surface area contributed by atoms with E-state index in [-0.39, 0.29) is 12.3 Å². The fourth-order valence-corrected chi connectivity index (χ4v) is 3.49. The summed E-state index contributed by atoms with van der Waals surface area (Å²) in [6.07, 6.45) is 4.74. The fraction of sp³-hybridized carbons (Fsp3) is 0.789. The van der Waals surface area contributed by atoms with Gasteiger partial charge in [-0.25, -0.2) is 4.79 Å². The standard InChI is InChI=1S/C19H36N4O5S2/c1-11(2)10-15(18(26)22-14(19(27)28)7-9-30-5)23-17(25)13(6-8-29-4)21-16(24)12(3)20/h11-15H,6-10,20H2,1-5H3,(H,21,24)(H,22,26)(H,23,25)(H,27,28).